The standard InChI is InChI=1S/C15H24ClNO3S/c1-11(2)8-12(3)17(4)21(18,19)15-7-6-13(10-16)9-14(15)20-5/h6-7,9,11-12H,8,10H2,1-5H3. The molecule has 0 aromatic heterocycles. The summed E-state index contributed by atoms with van der Waals surface area (Å²) in [4.78, 5) is 0.178. The van der Waals surface area contributed by atoms with Gasteiger partial charge in [-0.25, -0.2) is 8.42 Å². The smallest absolute Gasteiger partial charge is 0.246 e. The van der Waals surface area contributed by atoms with Crippen molar-refractivity contribution in [3.05, 3.63) is 23.8 Å². The summed E-state index contributed by atoms with van der Waals surface area (Å²) in [5, 5.41) is 0. The van der Waals surface area contributed by atoms with Gasteiger partial charge in [0.15, 0.2) is 0 Å². The Labute approximate surface area is 133 Å². The van der Waals surface area contributed by atoms with Gasteiger partial charge >= 0.3 is 0 Å². The first-order valence-electron chi connectivity index (χ1n) is 6.95. The molecular weight excluding hydrogens is 310 g/mol. The Balaban J connectivity index is 3.18. The van der Waals surface area contributed by atoms with E-state index >= 15 is 0 Å². The highest BCUT2D eigenvalue weighted by molar-refractivity contribution is 7.89. The molecule has 1 rings (SSSR count). The molecule has 1 aromatic carbocycles. The van der Waals surface area contributed by atoms with Crippen LogP contribution in [0.5, 0.6) is 5.75 Å². The number of hydrogen-bond acceptors (Lipinski definition) is 3. The van der Waals surface area contributed by atoms with Gasteiger partial charge in [0.05, 0.1) is 7.11 Å². The largest absolute Gasteiger partial charge is 0.495 e. The number of rotatable bonds is 7. The molecule has 0 spiro atoms. The first kappa shape index (κ1) is 18.3. The molecule has 0 saturated carbocycles. The number of alkyl halides is 1. The van der Waals surface area contributed by atoms with E-state index in [1.165, 1.54) is 11.4 Å². The Hall–Kier alpha value is -0.780. The van der Waals surface area contributed by atoms with Crippen molar-refractivity contribution in [2.45, 2.75) is 44.0 Å². The number of sulfonamides is 1. The summed E-state index contributed by atoms with van der Waals surface area (Å²) >= 11 is 5.78. The van der Waals surface area contributed by atoms with E-state index in [1.54, 1.807) is 25.2 Å². The van der Waals surface area contributed by atoms with E-state index in [2.05, 4.69) is 13.8 Å². The second kappa shape index (κ2) is 7.47. The fourth-order valence-electron chi connectivity index (χ4n) is 2.23. The van der Waals surface area contributed by atoms with Crippen LogP contribution in [0.4, 0.5) is 0 Å². The van der Waals surface area contributed by atoms with Crippen molar-refractivity contribution in [2.75, 3.05) is 14.2 Å². The zero-order chi connectivity index (χ0) is 16.2. The summed E-state index contributed by atoms with van der Waals surface area (Å²) in [6.07, 6.45) is 0.803. The van der Waals surface area contributed by atoms with Crippen LogP contribution in [0.3, 0.4) is 0 Å². The van der Waals surface area contributed by atoms with Gasteiger partial charge in [0, 0.05) is 19.0 Å². The van der Waals surface area contributed by atoms with Crippen molar-refractivity contribution in [2.24, 2.45) is 5.92 Å². The molecule has 0 bridgehead atoms. The molecule has 21 heavy (non-hydrogen) atoms. The minimum Gasteiger partial charge on any atom is -0.495 e. The monoisotopic (exact) mass is 333 g/mol. The van der Waals surface area contributed by atoms with Crippen LogP contribution in [-0.4, -0.2) is 32.9 Å². The van der Waals surface area contributed by atoms with Crippen LogP contribution in [0.15, 0.2) is 23.1 Å². The first-order valence-corrected chi connectivity index (χ1v) is 8.92. The van der Waals surface area contributed by atoms with E-state index in [0.717, 1.165) is 12.0 Å². The third-order valence-electron chi connectivity index (χ3n) is 3.47. The number of hydrogen-bond donors (Lipinski definition) is 0. The molecule has 0 radical (unpaired) electrons. The van der Waals surface area contributed by atoms with Crippen molar-refractivity contribution < 1.29 is 13.2 Å². The molecule has 4 nitrogen and oxygen atoms in total. The van der Waals surface area contributed by atoms with E-state index < -0.39 is 10.0 Å². The lowest BCUT2D eigenvalue weighted by molar-refractivity contribution is 0.335. The summed E-state index contributed by atoms with van der Waals surface area (Å²) in [6, 6.07) is 4.86. The molecule has 0 aliphatic heterocycles. The van der Waals surface area contributed by atoms with Gasteiger partial charge in [-0.3, -0.25) is 0 Å². The molecule has 0 amide bonds. The molecule has 0 saturated heterocycles. The van der Waals surface area contributed by atoms with Gasteiger partial charge in [0.1, 0.15) is 10.6 Å². The molecule has 6 heteroatoms. The molecule has 1 unspecified atom stereocenters. The highest BCUT2D eigenvalue weighted by Crippen LogP contribution is 2.29. The van der Waals surface area contributed by atoms with Crippen molar-refractivity contribution in [1.82, 2.24) is 4.31 Å². The number of methoxy groups -OCH3 is 1. The molecule has 0 aliphatic carbocycles. The van der Waals surface area contributed by atoms with Gasteiger partial charge in [-0.15, -0.1) is 11.6 Å². The van der Waals surface area contributed by atoms with Crippen LogP contribution in [0.25, 0.3) is 0 Å². The lowest BCUT2D eigenvalue weighted by Crippen LogP contribution is -2.36. The SMILES string of the molecule is COc1cc(CCl)ccc1S(=O)(=O)N(C)C(C)CC(C)C. The summed E-state index contributed by atoms with van der Waals surface area (Å²) in [7, 11) is -0.516. The molecule has 0 fully saturated rings. The van der Waals surface area contributed by atoms with Crippen LogP contribution in [-0.2, 0) is 15.9 Å². The Morgan fingerprint density at radius 3 is 2.38 bits per heavy atom. The topological polar surface area (TPSA) is 46.6 Å². The molecular formula is C15H24ClNO3S. The summed E-state index contributed by atoms with van der Waals surface area (Å²) in [5.74, 6) is 1.07. The first-order chi connectivity index (χ1) is 9.73. The Kier molecular flexibility index (Phi) is 6.50. The zero-order valence-corrected chi connectivity index (χ0v) is 14.8. The quantitative estimate of drug-likeness (QED) is 0.717. The second-order valence-corrected chi connectivity index (χ2v) is 7.85. The van der Waals surface area contributed by atoms with Gasteiger partial charge in [-0.1, -0.05) is 19.9 Å². The number of ether oxygens (including phenoxy) is 1. The van der Waals surface area contributed by atoms with Crippen LogP contribution >= 0.6 is 11.6 Å². The highest BCUT2D eigenvalue weighted by atomic mass is 35.5. The molecule has 0 aliphatic rings. The van der Waals surface area contributed by atoms with E-state index in [4.69, 9.17) is 16.3 Å². The normalized spacial score (nSPS) is 13.7. The van der Waals surface area contributed by atoms with Crippen LogP contribution in [0.1, 0.15) is 32.8 Å². The highest BCUT2D eigenvalue weighted by Gasteiger charge is 2.28. The number of benzene rings is 1. The molecule has 0 N–H and O–H groups in total. The van der Waals surface area contributed by atoms with Crippen LogP contribution in [0.2, 0.25) is 0 Å². The predicted molar refractivity (Wildman–Crippen MR) is 86.4 cm³/mol. The van der Waals surface area contributed by atoms with Crippen molar-refractivity contribution in [1.29, 1.82) is 0 Å². The van der Waals surface area contributed by atoms with Crippen LogP contribution in [0, 0.1) is 5.92 Å². The maximum atomic E-state index is 12.7. The molecule has 0 heterocycles. The average Bonchev–Trinajstić information content (AvgIpc) is 2.44. The number of nitrogens with zero attached hydrogens (tertiary/aromatic N) is 1. The summed E-state index contributed by atoms with van der Waals surface area (Å²) in [6.45, 7) is 6.07. The second-order valence-electron chi connectivity index (χ2n) is 5.62. The van der Waals surface area contributed by atoms with Gasteiger partial charge in [0.2, 0.25) is 10.0 Å². The fraction of sp³-hybridized carbons (Fsp3) is 0.600. The third-order valence-corrected chi connectivity index (χ3v) is 5.79. The van der Waals surface area contributed by atoms with Crippen molar-refractivity contribution in [3.8, 4) is 5.75 Å². The minimum absolute atomic E-state index is 0.0765. The third kappa shape index (κ3) is 4.34. The lowest BCUT2D eigenvalue weighted by Gasteiger charge is -2.26. The fourth-order valence-corrected chi connectivity index (χ4v) is 3.90. The molecule has 120 valence electrons. The van der Waals surface area contributed by atoms with E-state index in [0.29, 0.717) is 17.5 Å². The van der Waals surface area contributed by atoms with E-state index in [9.17, 15) is 8.42 Å². The predicted octanol–water partition coefficient (Wildman–Crippen LogP) is 3.49. The maximum Gasteiger partial charge on any atom is 0.246 e. The Morgan fingerprint density at radius 2 is 1.90 bits per heavy atom. The van der Waals surface area contributed by atoms with Gasteiger partial charge in [-0.05, 0) is 37.0 Å². The van der Waals surface area contributed by atoms with Crippen molar-refractivity contribution >= 4 is 21.6 Å². The van der Waals surface area contributed by atoms with E-state index in [1.807, 2.05) is 6.92 Å². The van der Waals surface area contributed by atoms with Gasteiger partial charge in [0.25, 0.3) is 0 Å². The lowest BCUT2D eigenvalue weighted by atomic mass is 10.1. The zero-order valence-electron chi connectivity index (χ0n) is 13.3. The Bertz CT molecular complexity index is 572. The summed E-state index contributed by atoms with van der Waals surface area (Å²) in [5.41, 5.74) is 0.824. The van der Waals surface area contributed by atoms with Gasteiger partial charge in [-0.2, -0.15) is 4.31 Å². The maximum absolute atomic E-state index is 12.7. The average molecular weight is 334 g/mol. The Morgan fingerprint density at radius 1 is 1.29 bits per heavy atom. The van der Waals surface area contributed by atoms with E-state index in [-0.39, 0.29) is 10.9 Å². The van der Waals surface area contributed by atoms with Gasteiger partial charge < -0.3 is 4.74 Å². The van der Waals surface area contributed by atoms with Crippen LogP contribution < -0.4 is 4.74 Å². The number of halogens is 1. The van der Waals surface area contributed by atoms with Crippen molar-refractivity contribution in [3.63, 3.8) is 0 Å². The summed E-state index contributed by atoms with van der Waals surface area (Å²) < 4.78 is 32.1. The molecule has 1 aromatic rings. The molecule has 1 atom stereocenters. The minimum atomic E-state index is -3.59.